The van der Waals surface area contributed by atoms with Gasteiger partial charge >= 0.3 is 5.97 Å². The van der Waals surface area contributed by atoms with E-state index in [4.69, 9.17) is 4.74 Å². The maximum absolute atomic E-state index is 12.7. The Morgan fingerprint density at radius 1 is 1.28 bits per heavy atom. The average molecular weight is 416 g/mol. The number of para-hydroxylation sites is 1. The quantitative estimate of drug-likeness (QED) is 0.617. The summed E-state index contributed by atoms with van der Waals surface area (Å²) >= 11 is 1.46. The van der Waals surface area contributed by atoms with E-state index in [1.165, 1.54) is 17.4 Å². The van der Waals surface area contributed by atoms with Gasteiger partial charge in [-0.3, -0.25) is 4.79 Å². The predicted molar refractivity (Wildman–Crippen MR) is 116 cm³/mol. The number of carbonyl (C=O) groups is 2. The van der Waals surface area contributed by atoms with E-state index in [2.05, 4.69) is 26.1 Å². The molecule has 0 fully saturated rings. The Morgan fingerprint density at radius 3 is 2.66 bits per heavy atom. The lowest BCUT2D eigenvalue weighted by atomic mass is 9.69. The van der Waals surface area contributed by atoms with Crippen molar-refractivity contribution in [3.05, 3.63) is 45.8 Å². The number of fused-ring (bicyclic) bond motifs is 1. The molecule has 1 amide bonds. The van der Waals surface area contributed by atoms with Crippen LogP contribution >= 0.6 is 11.3 Å². The Morgan fingerprint density at radius 2 is 2.00 bits per heavy atom. The molecule has 1 unspecified atom stereocenters. The van der Waals surface area contributed by atoms with Crippen LogP contribution in [0.3, 0.4) is 0 Å². The van der Waals surface area contributed by atoms with E-state index in [-0.39, 0.29) is 23.3 Å². The van der Waals surface area contributed by atoms with Crippen LogP contribution < -0.4 is 5.32 Å². The van der Waals surface area contributed by atoms with E-state index in [1.54, 1.807) is 25.1 Å². The Labute approximate surface area is 176 Å². The third-order valence-corrected chi connectivity index (χ3v) is 7.31. The van der Waals surface area contributed by atoms with Crippen molar-refractivity contribution in [2.75, 3.05) is 11.9 Å². The number of hydrogen-bond donors (Lipinski definition) is 2. The van der Waals surface area contributed by atoms with Crippen molar-refractivity contribution in [1.29, 1.82) is 0 Å². The second kappa shape index (κ2) is 8.57. The molecule has 1 aromatic carbocycles. The zero-order valence-electron chi connectivity index (χ0n) is 17.5. The molecule has 0 aliphatic heterocycles. The lowest BCUT2D eigenvalue weighted by Gasteiger charge is -2.36. The Bertz CT molecular complexity index is 916. The maximum atomic E-state index is 12.7. The molecular formula is C23H29NO4S. The standard InChI is InChI=1S/C23H29NO4S/c1-5-23(3,4)14-11-12-16-18(13-14)29-21(19(16)22(27)28-6-2)24-20(26)15-9-7-8-10-17(15)25/h7-10,14,25H,5-6,11-13H2,1-4H3,(H,24,26). The van der Waals surface area contributed by atoms with E-state index in [0.29, 0.717) is 16.5 Å². The van der Waals surface area contributed by atoms with Gasteiger partial charge < -0.3 is 15.2 Å². The van der Waals surface area contributed by atoms with Crippen LogP contribution in [0.5, 0.6) is 5.75 Å². The van der Waals surface area contributed by atoms with E-state index < -0.39 is 11.9 Å². The van der Waals surface area contributed by atoms with Gasteiger partial charge in [0.2, 0.25) is 0 Å². The molecular weight excluding hydrogens is 386 g/mol. The van der Waals surface area contributed by atoms with Crippen molar-refractivity contribution in [3.63, 3.8) is 0 Å². The SMILES string of the molecule is CCOC(=O)c1c(NC(=O)c2ccccc2O)sc2c1CCC(C(C)(C)CC)C2. The van der Waals surface area contributed by atoms with Gasteiger partial charge in [-0.25, -0.2) is 4.79 Å². The zero-order chi connectivity index (χ0) is 21.2. The maximum Gasteiger partial charge on any atom is 0.341 e. The predicted octanol–water partition coefficient (Wildman–Crippen LogP) is 5.42. The molecule has 1 aliphatic carbocycles. The smallest absolute Gasteiger partial charge is 0.341 e. The average Bonchev–Trinajstić information content (AvgIpc) is 3.05. The first-order valence-corrected chi connectivity index (χ1v) is 11.0. The number of carbonyl (C=O) groups excluding carboxylic acids is 2. The molecule has 1 heterocycles. The third kappa shape index (κ3) is 4.32. The van der Waals surface area contributed by atoms with Gasteiger partial charge in [-0.05, 0) is 55.2 Å². The van der Waals surface area contributed by atoms with Crippen LogP contribution in [0.4, 0.5) is 5.00 Å². The van der Waals surface area contributed by atoms with Crippen molar-refractivity contribution in [2.45, 2.75) is 53.4 Å². The van der Waals surface area contributed by atoms with Gasteiger partial charge in [0.15, 0.2) is 0 Å². The molecule has 0 bridgehead atoms. The summed E-state index contributed by atoms with van der Waals surface area (Å²) in [5.41, 5.74) is 1.89. The summed E-state index contributed by atoms with van der Waals surface area (Å²) in [7, 11) is 0. The third-order valence-electron chi connectivity index (χ3n) is 6.14. The summed E-state index contributed by atoms with van der Waals surface area (Å²) < 4.78 is 5.29. The lowest BCUT2D eigenvalue weighted by Crippen LogP contribution is -2.28. The van der Waals surface area contributed by atoms with Crippen molar-refractivity contribution in [1.82, 2.24) is 0 Å². The number of rotatable bonds is 6. The largest absolute Gasteiger partial charge is 0.507 e. The minimum absolute atomic E-state index is 0.0891. The molecule has 29 heavy (non-hydrogen) atoms. The molecule has 0 saturated heterocycles. The van der Waals surface area contributed by atoms with Crippen molar-refractivity contribution < 1.29 is 19.4 Å². The minimum atomic E-state index is -0.433. The van der Waals surface area contributed by atoms with Gasteiger partial charge in [0.05, 0.1) is 17.7 Å². The highest BCUT2D eigenvalue weighted by molar-refractivity contribution is 7.17. The first-order valence-electron chi connectivity index (χ1n) is 10.2. The van der Waals surface area contributed by atoms with Crippen LogP contribution in [0, 0.1) is 11.3 Å². The van der Waals surface area contributed by atoms with E-state index in [0.717, 1.165) is 36.1 Å². The Hall–Kier alpha value is -2.34. The summed E-state index contributed by atoms with van der Waals surface area (Å²) in [6, 6.07) is 6.38. The van der Waals surface area contributed by atoms with E-state index in [1.807, 2.05) is 0 Å². The Balaban J connectivity index is 1.96. The van der Waals surface area contributed by atoms with Gasteiger partial charge in [-0.1, -0.05) is 39.3 Å². The van der Waals surface area contributed by atoms with Crippen LogP contribution in [0.2, 0.25) is 0 Å². The fraction of sp³-hybridized carbons (Fsp3) is 0.478. The molecule has 2 N–H and O–H groups in total. The van der Waals surface area contributed by atoms with Crippen LogP contribution in [-0.4, -0.2) is 23.6 Å². The number of hydrogen-bond acceptors (Lipinski definition) is 5. The molecule has 5 nitrogen and oxygen atoms in total. The summed E-state index contributed by atoms with van der Waals surface area (Å²) in [6.07, 6.45) is 3.82. The molecule has 0 radical (unpaired) electrons. The van der Waals surface area contributed by atoms with Gasteiger partial charge in [0.1, 0.15) is 10.8 Å². The first-order chi connectivity index (χ1) is 13.8. The number of thiophene rings is 1. The number of ether oxygens (including phenoxy) is 1. The Kier molecular flexibility index (Phi) is 6.32. The number of nitrogens with one attached hydrogen (secondary N) is 1. The molecule has 6 heteroatoms. The van der Waals surface area contributed by atoms with Gasteiger partial charge in [-0.15, -0.1) is 11.3 Å². The van der Waals surface area contributed by atoms with Crippen molar-refractivity contribution >= 4 is 28.2 Å². The van der Waals surface area contributed by atoms with Gasteiger partial charge in [0, 0.05) is 4.88 Å². The van der Waals surface area contributed by atoms with Crippen LogP contribution in [-0.2, 0) is 17.6 Å². The van der Waals surface area contributed by atoms with Crippen molar-refractivity contribution in [3.8, 4) is 5.75 Å². The van der Waals surface area contributed by atoms with Crippen LogP contribution in [0.25, 0.3) is 0 Å². The highest BCUT2D eigenvalue weighted by Gasteiger charge is 2.35. The molecule has 156 valence electrons. The fourth-order valence-corrected chi connectivity index (χ4v) is 5.20. The highest BCUT2D eigenvalue weighted by atomic mass is 32.1. The first kappa shape index (κ1) is 21.4. The molecule has 0 spiro atoms. The number of phenolic OH excluding ortho intramolecular Hbond substituents is 1. The second-order valence-electron chi connectivity index (χ2n) is 8.18. The summed E-state index contributed by atoms with van der Waals surface area (Å²) in [5.74, 6) is -0.382. The van der Waals surface area contributed by atoms with Gasteiger partial charge in [-0.2, -0.15) is 0 Å². The van der Waals surface area contributed by atoms with Crippen LogP contribution in [0.15, 0.2) is 24.3 Å². The number of esters is 1. The summed E-state index contributed by atoms with van der Waals surface area (Å²) in [6.45, 7) is 8.86. The van der Waals surface area contributed by atoms with Crippen molar-refractivity contribution in [2.24, 2.45) is 11.3 Å². The number of aromatic hydroxyl groups is 1. The fourth-order valence-electron chi connectivity index (χ4n) is 3.88. The summed E-state index contributed by atoms with van der Waals surface area (Å²) in [4.78, 5) is 26.6. The van der Waals surface area contributed by atoms with Crippen LogP contribution in [0.1, 0.15) is 71.7 Å². The molecule has 1 aromatic heterocycles. The molecule has 0 saturated carbocycles. The number of phenols is 1. The number of benzene rings is 1. The minimum Gasteiger partial charge on any atom is -0.507 e. The lowest BCUT2D eigenvalue weighted by molar-refractivity contribution is 0.0526. The normalized spacial score (nSPS) is 16.2. The molecule has 1 atom stereocenters. The summed E-state index contributed by atoms with van der Waals surface area (Å²) in [5, 5.41) is 13.3. The highest BCUT2D eigenvalue weighted by Crippen LogP contribution is 2.45. The van der Waals surface area contributed by atoms with Gasteiger partial charge in [0.25, 0.3) is 5.91 Å². The molecule has 3 rings (SSSR count). The topological polar surface area (TPSA) is 75.6 Å². The number of anilines is 1. The molecule has 1 aliphatic rings. The number of amides is 1. The zero-order valence-corrected chi connectivity index (χ0v) is 18.3. The molecule has 2 aromatic rings. The second-order valence-corrected chi connectivity index (χ2v) is 9.29. The van der Waals surface area contributed by atoms with E-state index >= 15 is 0 Å². The monoisotopic (exact) mass is 415 g/mol. The van der Waals surface area contributed by atoms with E-state index in [9.17, 15) is 14.7 Å².